The molecule has 0 saturated heterocycles. The van der Waals surface area contributed by atoms with Gasteiger partial charge in [-0.05, 0) is 23.8 Å². The minimum atomic E-state index is -6.20. The maximum atomic E-state index is 14.0. The van der Waals surface area contributed by atoms with Crippen molar-refractivity contribution in [2.45, 2.75) is 17.7 Å². The summed E-state index contributed by atoms with van der Waals surface area (Å²) >= 11 is 0. The molecule has 1 atom stereocenters. The molecule has 1 nitrogen and oxygen atoms in total. The molecule has 2 rings (SSSR count). The van der Waals surface area contributed by atoms with Crippen LogP contribution in [0.2, 0.25) is 0 Å². The molecule has 1 N–H and O–H groups in total. The second-order valence-electron chi connectivity index (χ2n) is 4.77. The van der Waals surface area contributed by atoms with Gasteiger partial charge in [-0.3, -0.25) is 0 Å². The molecule has 0 bridgehead atoms. The molecule has 0 aromatic heterocycles. The van der Waals surface area contributed by atoms with Crippen LogP contribution in [0.3, 0.4) is 0 Å². The highest BCUT2D eigenvalue weighted by Gasteiger charge is 2.71. The van der Waals surface area contributed by atoms with Gasteiger partial charge < -0.3 is 5.11 Å². The van der Waals surface area contributed by atoms with Crippen LogP contribution in [0.15, 0.2) is 48.5 Å². The first-order valence-electron chi connectivity index (χ1n) is 6.20. The third-order valence-electron chi connectivity index (χ3n) is 3.32. The van der Waals surface area contributed by atoms with Crippen LogP contribution in [0.25, 0.3) is 0 Å². The first-order chi connectivity index (χ1) is 10.5. The van der Waals surface area contributed by atoms with Crippen LogP contribution in [0.5, 0.6) is 0 Å². The van der Waals surface area contributed by atoms with Crippen molar-refractivity contribution in [3.63, 3.8) is 0 Å². The number of halogens is 7. The summed E-state index contributed by atoms with van der Waals surface area (Å²) in [5.41, 5.74) is -6.56. The molecule has 23 heavy (non-hydrogen) atoms. The van der Waals surface area contributed by atoms with Crippen LogP contribution >= 0.6 is 0 Å². The molecule has 0 radical (unpaired) electrons. The second-order valence-corrected chi connectivity index (χ2v) is 4.77. The zero-order chi connectivity index (χ0) is 17.5. The van der Waals surface area contributed by atoms with E-state index in [0.29, 0.717) is 24.3 Å². The summed E-state index contributed by atoms with van der Waals surface area (Å²) in [7, 11) is 0. The van der Waals surface area contributed by atoms with Crippen LogP contribution in [0, 0.1) is 11.6 Å². The van der Waals surface area contributed by atoms with Crippen LogP contribution in [-0.4, -0.2) is 17.2 Å². The maximum absolute atomic E-state index is 14.0. The molecule has 0 fully saturated rings. The van der Waals surface area contributed by atoms with Gasteiger partial charge >= 0.3 is 12.1 Å². The smallest absolute Gasteiger partial charge is 0.374 e. The lowest BCUT2D eigenvalue weighted by Gasteiger charge is -2.37. The molecular formula is C15H9F7O. The van der Waals surface area contributed by atoms with Gasteiger partial charge in [0.05, 0.1) is 0 Å². The van der Waals surface area contributed by atoms with Gasteiger partial charge in [0.15, 0.2) is 5.60 Å². The zero-order valence-electron chi connectivity index (χ0n) is 11.2. The fraction of sp³-hybridized carbons (Fsp3) is 0.200. The normalized spacial score (nSPS) is 15.3. The molecule has 1 unspecified atom stereocenters. The van der Waals surface area contributed by atoms with E-state index in [2.05, 4.69) is 0 Å². The van der Waals surface area contributed by atoms with E-state index >= 15 is 0 Å². The topological polar surface area (TPSA) is 20.2 Å². The number of benzene rings is 2. The number of hydrogen-bond acceptors (Lipinski definition) is 1. The van der Waals surface area contributed by atoms with E-state index in [1.54, 1.807) is 0 Å². The van der Waals surface area contributed by atoms with Crippen LogP contribution in [-0.2, 0) is 5.60 Å². The maximum Gasteiger partial charge on any atom is 0.457 e. The summed E-state index contributed by atoms with van der Waals surface area (Å²) in [6, 6.07) is 5.82. The Morgan fingerprint density at radius 3 is 1.91 bits per heavy atom. The van der Waals surface area contributed by atoms with E-state index in [1.165, 1.54) is 0 Å². The van der Waals surface area contributed by atoms with Gasteiger partial charge in [-0.2, -0.15) is 22.0 Å². The molecule has 0 aliphatic rings. The summed E-state index contributed by atoms with van der Waals surface area (Å²) in [6.45, 7) is 0. The molecule has 0 amide bonds. The number of hydrogen-bond donors (Lipinski definition) is 1. The van der Waals surface area contributed by atoms with E-state index in [0.717, 1.165) is 24.3 Å². The van der Waals surface area contributed by atoms with Crippen molar-refractivity contribution in [2.24, 2.45) is 0 Å². The zero-order valence-corrected chi connectivity index (χ0v) is 11.2. The van der Waals surface area contributed by atoms with Crippen molar-refractivity contribution in [1.82, 2.24) is 0 Å². The molecule has 0 heterocycles. The summed E-state index contributed by atoms with van der Waals surface area (Å²) in [4.78, 5) is 0. The van der Waals surface area contributed by atoms with E-state index < -0.39 is 40.5 Å². The molecule has 124 valence electrons. The average Bonchev–Trinajstić information content (AvgIpc) is 2.45. The largest absolute Gasteiger partial charge is 0.457 e. The SMILES string of the molecule is OC(c1cccc(F)c1)(c1ccccc1F)C(F)(F)C(F)(F)F. The van der Waals surface area contributed by atoms with Crippen molar-refractivity contribution in [1.29, 1.82) is 0 Å². The van der Waals surface area contributed by atoms with Crippen LogP contribution in [0.4, 0.5) is 30.7 Å². The van der Waals surface area contributed by atoms with Crippen LogP contribution in [0.1, 0.15) is 11.1 Å². The van der Waals surface area contributed by atoms with Crippen molar-refractivity contribution < 1.29 is 35.8 Å². The van der Waals surface area contributed by atoms with Crippen molar-refractivity contribution in [2.75, 3.05) is 0 Å². The number of rotatable bonds is 3. The monoisotopic (exact) mass is 338 g/mol. The standard InChI is InChI=1S/C15H9F7O/c16-10-5-3-4-9(8-10)13(23,14(18,19)15(20,21)22)11-6-1-2-7-12(11)17/h1-8,23H. The third-order valence-corrected chi connectivity index (χ3v) is 3.32. The fourth-order valence-corrected chi connectivity index (χ4v) is 2.18. The predicted octanol–water partition coefficient (Wildman–Crippen LogP) is 4.40. The Morgan fingerprint density at radius 1 is 0.783 bits per heavy atom. The van der Waals surface area contributed by atoms with E-state index in [1.807, 2.05) is 0 Å². The van der Waals surface area contributed by atoms with Crippen molar-refractivity contribution in [3.05, 3.63) is 71.3 Å². The molecule has 0 saturated carbocycles. The lowest BCUT2D eigenvalue weighted by atomic mass is 9.80. The van der Waals surface area contributed by atoms with Gasteiger partial charge in [-0.15, -0.1) is 0 Å². The van der Waals surface area contributed by atoms with Gasteiger partial charge in [0, 0.05) is 5.56 Å². The van der Waals surface area contributed by atoms with E-state index in [9.17, 15) is 35.8 Å². The number of aliphatic hydroxyl groups is 1. The Hall–Kier alpha value is -2.09. The average molecular weight is 338 g/mol. The van der Waals surface area contributed by atoms with Crippen molar-refractivity contribution >= 4 is 0 Å². The lowest BCUT2D eigenvalue weighted by molar-refractivity contribution is -0.337. The Balaban J connectivity index is 2.83. The fourth-order valence-electron chi connectivity index (χ4n) is 2.18. The van der Waals surface area contributed by atoms with Gasteiger partial charge in [-0.25, -0.2) is 8.78 Å². The van der Waals surface area contributed by atoms with Crippen molar-refractivity contribution in [3.8, 4) is 0 Å². The molecular weight excluding hydrogens is 329 g/mol. The molecule has 2 aromatic rings. The Labute approximate surface area is 126 Å². The van der Waals surface area contributed by atoms with Crippen LogP contribution < -0.4 is 0 Å². The lowest BCUT2D eigenvalue weighted by Crippen LogP contribution is -2.56. The van der Waals surface area contributed by atoms with Gasteiger partial charge in [-0.1, -0.05) is 30.3 Å². The summed E-state index contributed by atoms with van der Waals surface area (Å²) < 4.78 is 93.5. The van der Waals surface area contributed by atoms with E-state index in [-0.39, 0.29) is 0 Å². The first kappa shape index (κ1) is 17.3. The molecule has 0 aliphatic carbocycles. The number of alkyl halides is 5. The summed E-state index contributed by atoms with van der Waals surface area (Å²) in [6.07, 6.45) is -6.20. The summed E-state index contributed by atoms with van der Waals surface area (Å²) in [5, 5.41) is 10.2. The molecule has 2 aromatic carbocycles. The Morgan fingerprint density at radius 2 is 1.39 bits per heavy atom. The third kappa shape index (κ3) is 2.67. The highest BCUT2D eigenvalue weighted by molar-refractivity contribution is 5.40. The predicted molar refractivity (Wildman–Crippen MR) is 66.8 cm³/mol. The molecule has 0 aliphatic heterocycles. The van der Waals surface area contributed by atoms with Gasteiger partial charge in [0.2, 0.25) is 0 Å². The second kappa shape index (κ2) is 5.52. The Kier molecular flexibility index (Phi) is 4.14. The van der Waals surface area contributed by atoms with E-state index in [4.69, 9.17) is 0 Å². The molecule has 0 spiro atoms. The minimum Gasteiger partial charge on any atom is -0.374 e. The molecule has 8 heteroatoms. The highest BCUT2D eigenvalue weighted by atomic mass is 19.4. The highest BCUT2D eigenvalue weighted by Crippen LogP contribution is 2.52. The van der Waals surface area contributed by atoms with Gasteiger partial charge in [0.25, 0.3) is 0 Å². The first-order valence-corrected chi connectivity index (χ1v) is 6.20. The van der Waals surface area contributed by atoms with Gasteiger partial charge in [0.1, 0.15) is 11.6 Å². The quantitative estimate of drug-likeness (QED) is 0.823. The minimum absolute atomic E-state index is 0.298. The summed E-state index contributed by atoms with van der Waals surface area (Å²) in [5.74, 6) is -8.41. The Bertz CT molecular complexity index is 711.